The largest absolute Gasteiger partial charge is 0.381 e. The molecule has 0 spiro atoms. The lowest BCUT2D eigenvalue weighted by molar-refractivity contribution is 0.178. The smallest absolute Gasteiger partial charge is 0.137 e. The molecule has 0 saturated carbocycles. The highest BCUT2D eigenvalue weighted by molar-refractivity contribution is 9.10. The summed E-state index contributed by atoms with van der Waals surface area (Å²) >= 11 is 3.20. The first-order valence-corrected chi connectivity index (χ1v) is 6.71. The quantitative estimate of drug-likeness (QED) is 0.923. The molecule has 2 atom stereocenters. The minimum atomic E-state index is -0.217. The Morgan fingerprint density at radius 2 is 2.41 bits per heavy atom. The van der Waals surface area contributed by atoms with Gasteiger partial charge in [-0.15, -0.1) is 0 Å². The summed E-state index contributed by atoms with van der Waals surface area (Å²) in [5, 5.41) is 3.46. The van der Waals surface area contributed by atoms with Crippen LogP contribution < -0.4 is 5.32 Å². The number of rotatable bonds is 4. The molecule has 2 nitrogen and oxygen atoms in total. The van der Waals surface area contributed by atoms with Crippen LogP contribution in [0.5, 0.6) is 0 Å². The van der Waals surface area contributed by atoms with Gasteiger partial charge >= 0.3 is 0 Å². The maximum atomic E-state index is 13.1. The van der Waals surface area contributed by atoms with Crippen molar-refractivity contribution in [3.63, 3.8) is 0 Å². The van der Waals surface area contributed by atoms with Crippen LogP contribution in [0.3, 0.4) is 0 Å². The van der Waals surface area contributed by atoms with Crippen molar-refractivity contribution in [1.82, 2.24) is 5.32 Å². The second kappa shape index (κ2) is 5.94. The van der Waals surface area contributed by atoms with Crippen molar-refractivity contribution in [2.45, 2.75) is 25.9 Å². The Kier molecular flexibility index (Phi) is 4.54. The average molecular weight is 302 g/mol. The van der Waals surface area contributed by atoms with Crippen LogP contribution in [-0.2, 0) is 11.3 Å². The van der Waals surface area contributed by atoms with Gasteiger partial charge in [-0.2, -0.15) is 0 Å². The highest BCUT2D eigenvalue weighted by Gasteiger charge is 2.21. The van der Waals surface area contributed by atoms with Crippen LogP contribution >= 0.6 is 15.9 Å². The highest BCUT2D eigenvalue weighted by Crippen LogP contribution is 2.19. The fraction of sp³-hybridized carbons (Fsp3) is 0.538. The predicted octanol–water partition coefficient (Wildman–Crippen LogP) is 3.10. The van der Waals surface area contributed by atoms with Gasteiger partial charge in [0.2, 0.25) is 0 Å². The van der Waals surface area contributed by atoms with Gasteiger partial charge in [-0.25, -0.2) is 4.39 Å². The van der Waals surface area contributed by atoms with E-state index in [0.29, 0.717) is 16.4 Å². The molecule has 17 heavy (non-hydrogen) atoms. The highest BCUT2D eigenvalue weighted by atomic mass is 79.9. The van der Waals surface area contributed by atoms with Gasteiger partial charge in [-0.1, -0.05) is 6.07 Å². The topological polar surface area (TPSA) is 21.3 Å². The van der Waals surface area contributed by atoms with E-state index >= 15 is 0 Å². The lowest BCUT2D eigenvalue weighted by Gasteiger charge is -2.19. The first-order valence-electron chi connectivity index (χ1n) is 5.92. The molecule has 1 saturated heterocycles. The first kappa shape index (κ1) is 13.0. The Morgan fingerprint density at radius 1 is 1.59 bits per heavy atom. The number of hydrogen-bond acceptors (Lipinski definition) is 2. The summed E-state index contributed by atoms with van der Waals surface area (Å²) in [5.74, 6) is 0.380. The third kappa shape index (κ3) is 3.50. The van der Waals surface area contributed by atoms with Gasteiger partial charge in [-0.3, -0.25) is 0 Å². The zero-order valence-electron chi connectivity index (χ0n) is 9.88. The summed E-state index contributed by atoms with van der Waals surface area (Å²) in [6, 6.07) is 5.55. The van der Waals surface area contributed by atoms with Crippen LogP contribution in [0.1, 0.15) is 18.9 Å². The van der Waals surface area contributed by atoms with E-state index in [0.717, 1.165) is 31.7 Å². The molecule has 0 unspecified atom stereocenters. The van der Waals surface area contributed by atoms with E-state index in [2.05, 4.69) is 28.2 Å². The molecular formula is C13H17BrFNO. The van der Waals surface area contributed by atoms with Gasteiger partial charge in [-0.05, 0) is 52.9 Å². The van der Waals surface area contributed by atoms with Gasteiger partial charge in [0.15, 0.2) is 0 Å². The number of hydrogen-bond donors (Lipinski definition) is 1. The van der Waals surface area contributed by atoms with Crippen molar-refractivity contribution in [3.05, 3.63) is 34.1 Å². The molecule has 1 aromatic rings. The normalized spacial score (nSPS) is 21.7. The van der Waals surface area contributed by atoms with Crippen molar-refractivity contribution in [1.29, 1.82) is 0 Å². The number of ether oxygens (including phenoxy) is 1. The molecule has 1 aliphatic rings. The molecule has 0 aromatic heterocycles. The summed E-state index contributed by atoms with van der Waals surface area (Å²) in [4.78, 5) is 0. The van der Waals surface area contributed by atoms with E-state index in [-0.39, 0.29) is 5.82 Å². The maximum absolute atomic E-state index is 13.1. The molecule has 1 aliphatic heterocycles. The molecule has 0 amide bonds. The average Bonchev–Trinajstić information content (AvgIpc) is 2.84. The minimum absolute atomic E-state index is 0.217. The third-order valence-electron chi connectivity index (χ3n) is 3.28. The molecule has 4 heteroatoms. The fourth-order valence-electron chi connectivity index (χ4n) is 2.04. The third-order valence-corrected chi connectivity index (χ3v) is 3.89. The Bertz CT molecular complexity index is 380. The standard InChI is InChI=1S/C13H17BrFNO/c1-9(11-4-5-17-8-11)16-7-10-2-3-13(15)12(14)6-10/h2-3,6,9,11,16H,4-5,7-8H2,1H3/t9-,11+/m0/s1. The van der Waals surface area contributed by atoms with E-state index in [9.17, 15) is 4.39 Å². The van der Waals surface area contributed by atoms with Crippen molar-refractivity contribution in [2.75, 3.05) is 13.2 Å². The number of nitrogens with one attached hydrogen (secondary N) is 1. The van der Waals surface area contributed by atoms with Crippen molar-refractivity contribution in [3.8, 4) is 0 Å². The van der Waals surface area contributed by atoms with Gasteiger partial charge in [0.05, 0.1) is 11.1 Å². The van der Waals surface area contributed by atoms with Crippen molar-refractivity contribution in [2.24, 2.45) is 5.92 Å². The molecule has 0 aliphatic carbocycles. The van der Waals surface area contributed by atoms with E-state index in [1.54, 1.807) is 0 Å². The second-order valence-corrected chi connectivity index (χ2v) is 5.40. The Labute approximate surface area is 110 Å². The Hall–Kier alpha value is -0.450. The Balaban J connectivity index is 1.86. The van der Waals surface area contributed by atoms with Crippen molar-refractivity contribution >= 4 is 15.9 Å². The molecule has 1 N–H and O–H groups in total. The molecule has 94 valence electrons. The second-order valence-electron chi connectivity index (χ2n) is 4.54. The van der Waals surface area contributed by atoms with Crippen LogP contribution in [0.4, 0.5) is 4.39 Å². The molecule has 1 heterocycles. The summed E-state index contributed by atoms with van der Waals surface area (Å²) in [7, 11) is 0. The minimum Gasteiger partial charge on any atom is -0.381 e. The monoisotopic (exact) mass is 301 g/mol. The summed E-state index contributed by atoms with van der Waals surface area (Å²) in [6.45, 7) is 4.66. The van der Waals surface area contributed by atoms with Gasteiger partial charge < -0.3 is 10.1 Å². The maximum Gasteiger partial charge on any atom is 0.137 e. The van der Waals surface area contributed by atoms with Gasteiger partial charge in [0.1, 0.15) is 5.82 Å². The molecular weight excluding hydrogens is 285 g/mol. The van der Waals surface area contributed by atoms with Gasteiger partial charge in [0.25, 0.3) is 0 Å². The zero-order chi connectivity index (χ0) is 12.3. The number of benzene rings is 1. The lowest BCUT2D eigenvalue weighted by atomic mass is 10.0. The predicted molar refractivity (Wildman–Crippen MR) is 69.3 cm³/mol. The summed E-state index contributed by atoms with van der Waals surface area (Å²) in [5.41, 5.74) is 1.09. The van der Waals surface area contributed by atoms with Crippen LogP contribution in [0.15, 0.2) is 22.7 Å². The molecule has 0 bridgehead atoms. The lowest BCUT2D eigenvalue weighted by Crippen LogP contribution is -2.33. The zero-order valence-corrected chi connectivity index (χ0v) is 11.5. The van der Waals surface area contributed by atoms with E-state index < -0.39 is 0 Å². The van der Waals surface area contributed by atoms with Crippen molar-refractivity contribution < 1.29 is 9.13 Å². The van der Waals surface area contributed by atoms with Crippen LogP contribution in [0.2, 0.25) is 0 Å². The van der Waals surface area contributed by atoms with Gasteiger partial charge in [0, 0.05) is 19.2 Å². The molecule has 1 aromatic carbocycles. The SMILES string of the molecule is C[C@H](NCc1ccc(F)c(Br)c1)[C@@H]1CCOC1. The summed E-state index contributed by atoms with van der Waals surface area (Å²) in [6.07, 6.45) is 1.13. The Morgan fingerprint density at radius 3 is 3.06 bits per heavy atom. The fourth-order valence-corrected chi connectivity index (χ4v) is 2.47. The van der Waals surface area contributed by atoms with E-state index in [1.807, 2.05) is 12.1 Å². The van der Waals surface area contributed by atoms with E-state index in [4.69, 9.17) is 4.74 Å². The van der Waals surface area contributed by atoms with Crippen LogP contribution in [-0.4, -0.2) is 19.3 Å². The van der Waals surface area contributed by atoms with E-state index in [1.165, 1.54) is 6.07 Å². The summed E-state index contributed by atoms with van der Waals surface area (Å²) < 4.78 is 18.9. The number of halogens is 2. The first-order chi connectivity index (χ1) is 8.16. The molecule has 1 fully saturated rings. The van der Waals surface area contributed by atoms with Crippen LogP contribution in [0.25, 0.3) is 0 Å². The van der Waals surface area contributed by atoms with Crippen LogP contribution in [0, 0.1) is 11.7 Å². The molecule has 2 rings (SSSR count). The molecule has 0 radical (unpaired) electrons.